The third-order valence-electron chi connectivity index (χ3n) is 9.50. The largest absolute Gasteiger partial charge is 0.469 e. The quantitative estimate of drug-likeness (QED) is 0.0271. The number of ether oxygens (including phenoxy) is 2. The Morgan fingerprint density at radius 2 is 0.842 bits per heavy atom. The van der Waals surface area contributed by atoms with E-state index in [0.29, 0.717) is 12.8 Å². The third-order valence-corrected chi connectivity index (χ3v) is 9.99. The van der Waals surface area contributed by atoms with Crippen molar-refractivity contribution in [3.8, 4) is 0 Å². The van der Waals surface area contributed by atoms with Gasteiger partial charge in [0.05, 0.1) is 6.61 Å². The minimum Gasteiger partial charge on any atom is -0.462 e. The molecule has 0 spiro atoms. The van der Waals surface area contributed by atoms with E-state index in [1.165, 1.54) is 109 Å². The van der Waals surface area contributed by atoms with Gasteiger partial charge < -0.3 is 19.3 Å². The molecule has 0 aliphatic carbocycles. The summed E-state index contributed by atoms with van der Waals surface area (Å²) in [7, 11) is -4.78. The second kappa shape index (κ2) is 43.1. The van der Waals surface area contributed by atoms with Gasteiger partial charge in [-0.15, -0.1) is 0 Å². The normalized spacial score (nSPS) is 13.1. The van der Waals surface area contributed by atoms with Crippen LogP contribution < -0.4 is 0 Å². The van der Waals surface area contributed by atoms with Gasteiger partial charge in [0.25, 0.3) is 0 Å². The molecule has 0 heterocycles. The Balaban J connectivity index is 3.98. The first-order valence-corrected chi connectivity index (χ1v) is 24.3. The number of unbranched alkanes of at least 4 members (excludes halogenated alkanes) is 19. The summed E-state index contributed by atoms with van der Waals surface area (Å²) in [6, 6.07) is 0. The number of hydrogen-bond acceptors (Lipinski definition) is 6. The van der Waals surface area contributed by atoms with Crippen LogP contribution in [0, 0.1) is 0 Å². The lowest BCUT2D eigenvalue weighted by Crippen LogP contribution is -2.29. The molecule has 0 aromatic rings. The van der Waals surface area contributed by atoms with Crippen LogP contribution in [0.1, 0.15) is 200 Å². The fraction of sp³-hybridized carbons (Fsp3) is 0.708. The van der Waals surface area contributed by atoms with Crippen LogP contribution in [0.4, 0.5) is 0 Å². The molecule has 1 atom stereocenters. The molecule has 0 aliphatic rings. The first kappa shape index (κ1) is 54.5. The maximum Gasteiger partial charge on any atom is 0.469 e. The molecule has 9 heteroatoms. The van der Waals surface area contributed by atoms with Gasteiger partial charge in [0.15, 0.2) is 6.10 Å². The average Bonchev–Trinajstić information content (AvgIpc) is 3.18. The van der Waals surface area contributed by atoms with Crippen LogP contribution in [0.2, 0.25) is 0 Å². The van der Waals surface area contributed by atoms with Crippen molar-refractivity contribution in [1.82, 2.24) is 0 Å². The summed E-state index contributed by atoms with van der Waals surface area (Å²) in [6.07, 6.45) is 56.4. The van der Waals surface area contributed by atoms with Crippen LogP contribution in [0.15, 0.2) is 72.9 Å². The minimum absolute atomic E-state index is 0.0852. The molecule has 0 amide bonds. The monoisotopic (exact) mass is 819 g/mol. The number of phosphoric ester groups is 1. The summed E-state index contributed by atoms with van der Waals surface area (Å²) in [6.45, 7) is 3.53. The second-order valence-electron chi connectivity index (χ2n) is 15.0. The first-order chi connectivity index (χ1) is 27.8. The molecule has 0 aromatic heterocycles. The van der Waals surface area contributed by atoms with Crippen molar-refractivity contribution < 1.29 is 37.9 Å². The Hall–Kier alpha value is -2.51. The number of carbonyl (C=O) groups is 2. The van der Waals surface area contributed by atoms with Gasteiger partial charge >= 0.3 is 19.8 Å². The number of allylic oxidation sites excluding steroid dienone is 12. The summed E-state index contributed by atoms with van der Waals surface area (Å²) < 4.78 is 26.4. The molecular formula is C48H83O8P. The lowest BCUT2D eigenvalue weighted by Gasteiger charge is -2.18. The smallest absolute Gasteiger partial charge is 0.462 e. The molecule has 8 nitrogen and oxygen atoms in total. The second-order valence-corrected chi connectivity index (χ2v) is 16.2. The highest BCUT2D eigenvalue weighted by Gasteiger charge is 2.22. The van der Waals surface area contributed by atoms with E-state index in [2.05, 4.69) is 79.1 Å². The molecule has 0 bridgehead atoms. The summed E-state index contributed by atoms with van der Waals surface area (Å²) in [5, 5.41) is 0. The highest BCUT2D eigenvalue weighted by Crippen LogP contribution is 2.36. The van der Waals surface area contributed by atoms with Gasteiger partial charge in [-0.25, -0.2) is 4.57 Å². The van der Waals surface area contributed by atoms with Crippen molar-refractivity contribution in [1.29, 1.82) is 0 Å². The molecule has 0 aromatic carbocycles. The van der Waals surface area contributed by atoms with Crippen molar-refractivity contribution in [3.05, 3.63) is 72.9 Å². The molecule has 1 unspecified atom stereocenters. The predicted molar refractivity (Wildman–Crippen MR) is 239 cm³/mol. The van der Waals surface area contributed by atoms with Crippen LogP contribution in [-0.2, 0) is 28.2 Å². The van der Waals surface area contributed by atoms with Crippen molar-refractivity contribution in [2.24, 2.45) is 0 Å². The van der Waals surface area contributed by atoms with E-state index < -0.39 is 32.5 Å². The molecule has 2 N–H and O–H groups in total. The molecule has 0 rings (SSSR count). The highest BCUT2D eigenvalue weighted by atomic mass is 31.2. The van der Waals surface area contributed by atoms with E-state index in [-0.39, 0.29) is 19.4 Å². The van der Waals surface area contributed by atoms with Crippen molar-refractivity contribution in [3.63, 3.8) is 0 Å². The lowest BCUT2D eigenvalue weighted by atomic mass is 10.0. The van der Waals surface area contributed by atoms with Crippen LogP contribution in [-0.4, -0.2) is 41.0 Å². The lowest BCUT2D eigenvalue weighted by molar-refractivity contribution is -0.161. The van der Waals surface area contributed by atoms with Crippen LogP contribution in [0.25, 0.3) is 0 Å². The molecule has 0 radical (unpaired) electrons. The molecule has 0 fully saturated rings. The Kier molecular flexibility index (Phi) is 41.2. The van der Waals surface area contributed by atoms with Gasteiger partial charge in [-0.2, -0.15) is 0 Å². The van der Waals surface area contributed by atoms with Gasteiger partial charge in [-0.3, -0.25) is 14.1 Å². The molecule has 0 saturated heterocycles. The SMILES string of the molecule is CC/C=C\C/C=C\C/C=C\C/C=C\C/C=C\C/C=C\CCC(=O)OC(COC(=O)CCCCCCCCCCCCCCCCCCCCCC)COP(=O)(O)O. The Bertz CT molecular complexity index is 1150. The predicted octanol–water partition coefficient (Wildman–Crippen LogP) is 14.2. The van der Waals surface area contributed by atoms with Gasteiger partial charge in [0, 0.05) is 12.8 Å². The fourth-order valence-electron chi connectivity index (χ4n) is 6.16. The van der Waals surface area contributed by atoms with Crippen molar-refractivity contribution in [2.75, 3.05) is 13.2 Å². The topological polar surface area (TPSA) is 119 Å². The van der Waals surface area contributed by atoms with Gasteiger partial charge in [0.2, 0.25) is 0 Å². The Morgan fingerprint density at radius 1 is 0.474 bits per heavy atom. The molecule has 328 valence electrons. The molecular weight excluding hydrogens is 735 g/mol. The standard InChI is InChI=1S/C48H83O8P/c1-3-5-7-9-11-13-15-17-19-21-23-25-26-28-30-32-34-36-38-40-42-47(49)54-44-46(45-55-57(51,52)53)56-48(50)43-41-39-37-35-33-31-29-27-24-22-20-18-16-14-12-10-8-6-4-2/h6,8,12,14,18,20,24,27,31,33,37,39,46H,3-5,7,9-11,13,15-17,19,21-23,25-26,28-30,32,34-36,38,40-45H2,1-2H3,(H2,51,52,53)/b8-6-,14-12-,20-18-,27-24-,33-31-,39-37-. The summed E-state index contributed by atoms with van der Waals surface area (Å²) >= 11 is 0. The average molecular weight is 819 g/mol. The van der Waals surface area contributed by atoms with E-state index in [1.807, 2.05) is 12.2 Å². The highest BCUT2D eigenvalue weighted by molar-refractivity contribution is 7.46. The zero-order valence-electron chi connectivity index (χ0n) is 36.2. The maximum absolute atomic E-state index is 12.4. The molecule has 0 saturated carbocycles. The van der Waals surface area contributed by atoms with Gasteiger partial charge in [-0.05, 0) is 51.4 Å². The number of hydrogen-bond donors (Lipinski definition) is 2. The Labute approximate surface area is 349 Å². The van der Waals surface area contributed by atoms with E-state index in [4.69, 9.17) is 19.3 Å². The molecule has 0 aliphatic heterocycles. The van der Waals surface area contributed by atoms with Gasteiger partial charge in [-0.1, -0.05) is 209 Å². The van der Waals surface area contributed by atoms with Crippen LogP contribution in [0.3, 0.4) is 0 Å². The zero-order valence-corrected chi connectivity index (χ0v) is 37.1. The minimum atomic E-state index is -4.78. The fourth-order valence-corrected chi connectivity index (χ4v) is 6.53. The number of rotatable bonds is 41. The summed E-state index contributed by atoms with van der Waals surface area (Å²) in [5.74, 6) is -0.980. The number of carbonyl (C=O) groups excluding carboxylic acids is 2. The van der Waals surface area contributed by atoms with Crippen LogP contribution in [0.5, 0.6) is 0 Å². The summed E-state index contributed by atoms with van der Waals surface area (Å²) in [5.41, 5.74) is 0. The summed E-state index contributed by atoms with van der Waals surface area (Å²) in [4.78, 5) is 42.9. The number of esters is 2. The van der Waals surface area contributed by atoms with E-state index in [0.717, 1.165) is 51.4 Å². The third kappa shape index (κ3) is 46.1. The molecule has 57 heavy (non-hydrogen) atoms. The van der Waals surface area contributed by atoms with Crippen molar-refractivity contribution >= 4 is 19.8 Å². The van der Waals surface area contributed by atoms with E-state index in [1.54, 1.807) is 0 Å². The van der Waals surface area contributed by atoms with E-state index in [9.17, 15) is 14.2 Å². The Morgan fingerprint density at radius 3 is 1.23 bits per heavy atom. The van der Waals surface area contributed by atoms with Crippen LogP contribution >= 0.6 is 7.82 Å². The van der Waals surface area contributed by atoms with Gasteiger partial charge in [0.1, 0.15) is 6.61 Å². The zero-order chi connectivity index (χ0) is 41.8. The number of phosphoric acid groups is 1. The first-order valence-electron chi connectivity index (χ1n) is 22.7. The maximum atomic E-state index is 12.4. The van der Waals surface area contributed by atoms with E-state index >= 15 is 0 Å². The van der Waals surface area contributed by atoms with Crippen molar-refractivity contribution in [2.45, 2.75) is 206 Å².